The molecule has 124 valence electrons. The van der Waals surface area contributed by atoms with E-state index in [0.29, 0.717) is 13.2 Å². The predicted octanol–water partition coefficient (Wildman–Crippen LogP) is 3.87. The van der Waals surface area contributed by atoms with Crippen LogP contribution in [0.15, 0.2) is 24.3 Å². The molecule has 1 aliphatic heterocycles. The second-order valence-electron chi connectivity index (χ2n) is 7.14. The zero-order valence-corrected chi connectivity index (χ0v) is 14.4. The van der Waals surface area contributed by atoms with Gasteiger partial charge in [-0.2, -0.15) is 0 Å². The minimum atomic E-state index is 0.191. The van der Waals surface area contributed by atoms with Crippen LogP contribution in [0, 0.1) is 0 Å². The van der Waals surface area contributed by atoms with Crippen LogP contribution in [-0.2, 0) is 10.2 Å². The Morgan fingerprint density at radius 3 is 2.23 bits per heavy atom. The molecule has 1 saturated heterocycles. The smallest absolute Gasteiger partial charge is 0.119 e. The Morgan fingerprint density at radius 1 is 0.909 bits per heavy atom. The van der Waals surface area contributed by atoms with Gasteiger partial charge in [-0.3, -0.25) is 0 Å². The Bertz CT molecular complexity index is 416. The molecule has 0 aliphatic carbocycles. The number of likely N-dealkylation sites (tertiary alicyclic amines) is 1. The highest BCUT2D eigenvalue weighted by molar-refractivity contribution is 5.31. The second kappa shape index (κ2) is 8.54. The summed E-state index contributed by atoms with van der Waals surface area (Å²) in [6.07, 6.45) is 4.07. The van der Waals surface area contributed by atoms with Crippen molar-refractivity contribution in [2.75, 3.05) is 39.5 Å². The molecule has 1 heterocycles. The molecule has 22 heavy (non-hydrogen) atoms. The summed E-state index contributed by atoms with van der Waals surface area (Å²) in [4.78, 5) is 2.50. The third-order valence-corrected chi connectivity index (χ3v) is 4.22. The van der Waals surface area contributed by atoms with E-state index in [1.807, 2.05) is 12.1 Å². The SMILES string of the molecule is CC(C)(C)c1ccc(OCCOCCN2CCCCC2)cc1. The molecule has 1 aromatic rings. The number of nitrogens with zero attached hydrogens (tertiary/aromatic N) is 1. The largest absolute Gasteiger partial charge is 0.491 e. The lowest BCUT2D eigenvalue weighted by Gasteiger charge is -2.26. The van der Waals surface area contributed by atoms with Crippen molar-refractivity contribution in [3.8, 4) is 5.75 Å². The molecule has 1 fully saturated rings. The molecular formula is C19H31NO2. The normalized spacial score (nSPS) is 16.7. The molecule has 0 atom stereocenters. The van der Waals surface area contributed by atoms with E-state index in [4.69, 9.17) is 9.47 Å². The maximum atomic E-state index is 5.73. The van der Waals surface area contributed by atoms with E-state index in [1.165, 1.54) is 37.9 Å². The van der Waals surface area contributed by atoms with Crippen LogP contribution in [0.1, 0.15) is 45.6 Å². The van der Waals surface area contributed by atoms with Crippen LogP contribution in [0.5, 0.6) is 5.75 Å². The third kappa shape index (κ3) is 5.98. The summed E-state index contributed by atoms with van der Waals surface area (Å²) in [5, 5.41) is 0. The summed E-state index contributed by atoms with van der Waals surface area (Å²) in [5.41, 5.74) is 1.52. The van der Waals surface area contributed by atoms with E-state index < -0.39 is 0 Å². The highest BCUT2D eigenvalue weighted by Gasteiger charge is 2.13. The minimum Gasteiger partial charge on any atom is -0.491 e. The first kappa shape index (κ1) is 17.3. The lowest BCUT2D eigenvalue weighted by Crippen LogP contribution is -2.32. The van der Waals surface area contributed by atoms with Gasteiger partial charge in [-0.25, -0.2) is 0 Å². The Morgan fingerprint density at radius 2 is 1.59 bits per heavy atom. The van der Waals surface area contributed by atoms with Crippen molar-refractivity contribution in [1.29, 1.82) is 0 Å². The van der Waals surface area contributed by atoms with Crippen molar-refractivity contribution in [2.24, 2.45) is 0 Å². The van der Waals surface area contributed by atoms with E-state index in [1.54, 1.807) is 0 Å². The van der Waals surface area contributed by atoms with Crippen LogP contribution in [0.3, 0.4) is 0 Å². The van der Waals surface area contributed by atoms with Crippen LogP contribution in [0.2, 0.25) is 0 Å². The predicted molar refractivity (Wildman–Crippen MR) is 91.7 cm³/mol. The highest BCUT2D eigenvalue weighted by Crippen LogP contribution is 2.24. The van der Waals surface area contributed by atoms with E-state index in [0.717, 1.165) is 18.9 Å². The first-order chi connectivity index (χ1) is 10.6. The fourth-order valence-electron chi connectivity index (χ4n) is 2.75. The van der Waals surface area contributed by atoms with E-state index >= 15 is 0 Å². The number of ether oxygens (including phenoxy) is 2. The van der Waals surface area contributed by atoms with Gasteiger partial charge in [0.1, 0.15) is 12.4 Å². The summed E-state index contributed by atoms with van der Waals surface area (Å²) in [6, 6.07) is 8.39. The Labute approximate surface area is 135 Å². The molecule has 0 radical (unpaired) electrons. The summed E-state index contributed by atoms with van der Waals surface area (Å²) < 4.78 is 11.4. The third-order valence-electron chi connectivity index (χ3n) is 4.22. The van der Waals surface area contributed by atoms with Crippen LogP contribution in [-0.4, -0.2) is 44.4 Å². The molecule has 2 rings (SSSR count). The van der Waals surface area contributed by atoms with E-state index in [-0.39, 0.29) is 5.41 Å². The number of hydrogen-bond acceptors (Lipinski definition) is 3. The molecule has 0 bridgehead atoms. The van der Waals surface area contributed by atoms with Gasteiger partial charge in [0.2, 0.25) is 0 Å². The van der Waals surface area contributed by atoms with E-state index in [9.17, 15) is 0 Å². The van der Waals surface area contributed by atoms with Crippen molar-refractivity contribution in [1.82, 2.24) is 4.90 Å². The van der Waals surface area contributed by atoms with Crippen LogP contribution in [0.25, 0.3) is 0 Å². The van der Waals surface area contributed by atoms with Crippen LogP contribution in [0.4, 0.5) is 0 Å². The molecule has 0 amide bonds. The van der Waals surface area contributed by atoms with Gasteiger partial charge >= 0.3 is 0 Å². The average molecular weight is 305 g/mol. The topological polar surface area (TPSA) is 21.7 Å². The first-order valence-electron chi connectivity index (χ1n) is 8.59. The maximum absolute atomic E-state index is 5.73. The molecule has 0 spiro atoms. The monoisotopic (exact) mass is 305 g/mol. The van der Waals surface area contributed by atoms with Crippen LogP contribution >= 0.6 is 0 Å². The van der Waals surface area contributed by atoms with Gasteiger partial charge < -0.3 is 14.4 Å². The first-order valence-corrected chi connectivity index (χ1v) is 8.59. The molecule has 0 saturated carbocycles. The zero-order valence-electron chi connectivity index (χ0n) is 14.4. The van der Waals surface area contributed by atoms with Crippen molar-refractivity contribution in [3.05, 3.63) is 29.8 Å². The van der Waals surface area contributed by atoms with E-state index in [2.05, 4.69) is 37.8 Å². The molecule has 1 aromatic carbocycles. The van der Waals surface area contributed by atoms with Crippen molar-refractivity contribution in [3.63, 3.8) is 0 Å². The molecule has 1 aliphatic rings. The zero-order chi connectivity index (χ0) is 15.8. The fraction of sp³-hybridized carbons (Fsp3) is 0.684. The Balaban J connectivity index is 1.56. The van der Waals surface area contributed by atoms with Gasteiger partial charge in [0, 0.05) is 6.54 Å². The Kier molecular flexibility index (Phi) is 6.71. The maximum Gasteiger partial charge on any atom is 0.119 e. The van der Waals surface area contributed by atoms with Gasteiger partial charge in [0.25, 0.3) is 0 Å². The number of benzene rings is 1. The standard InChI is InChI=1S/C19H31NO2/c1-19(2,3)17-7-9-18(10-8-17)22-16-15-21-14-13-20-11-5-4-6-12-20/h7-10H,4-6,11-16H2,1-3H3. The minimum absolute atomic E-state index is 0.191. The quantitative estimate of drug-likeness (QED) is 0.714. The molecule has 3 heteroatoms. The Hall–Kier alpha value is -1.06. The van der Waals surface area contributed by atoms with Gasteiger partial charge in [0.15, 0.2) is 0 Å². The van der Waals surface area contributed by atoms with Gasteiger partial charge in [-0.05, 0) is 49.0 Å². The molecule has 0 unspecified atom stereocenters. The number of piperidine rings is 1. The lowest BCUT2D eigenvalue weighted by molar-refractivity contribution is 0.0750. The van der Waals surface area contributed by atoms with Gasteiger partial charge in [0.05, 0.1) is 13.2 Å². The van der Waals surface area contributed by atoms with Crippen molar-refractivity contribution < 1.29 is 9.47 Å². The summed E-state index contributed by atoms with van der Waals surface area (Å²) in [7, 11) is 0. The lowest BCUT2D eigenvalue weighted by atomic mass is 9.87. The van der Waals surface area contributed by atoms with Gasteiger partial charge in [-0.15, -0.1) is 0 Å². The van der Waals surface area contributed by atoms with Crippen LogP contribution < -0.4 is 4.74 Å². The summed E-state index contributed by atoms with van der Waals surface area (Å²) in [6.45, 7) is 12.3. The van der Waals surface area contributed by atoms with Gasteiger partial charge in [-0.1, -0.05) is 39.3 Å². The number of hydrogen-bond donors (Lipinski definition) is 0. The van der Waals surface area contributed by atoms with Crippen molar-refractivity contribution in [2.45, 2.75) is 45.4 Å². The number of rotatable bonds is 7. The molecule has 0 N–H and O–H groups in total. The fourth-order valence-corrected chi connectivity index (χ4v) is 2.75. The summed E-state index contributed by atoms with van der Waals surface area (Å²) in [5.74, 6) is 0.924. The molecular weight excluding hydrogens is 274 g/mol. The molecule has 0 aromatic heterocycles. The van der Waals surface area contributed by atoms with Crippen molar-refractivity contribution >= 4 is 0 Å². The summed E-state index contributed by atoms with van der Waals surface area (Å²) >= 11 is 0. The second-order valence-corrected chi connectivity index (χ2v) is 7.14. The average Bonchev–Trinajstić information content (AvgIpc) is 2.51. The molecule has 3 nitrogen and oxygen atoms in total. The highest BCUT2D eigenvalue weighted by atomic mass is 16.5.